The molecule has 2 rings (SSSR count). The van der Waals surface area contributed by atoms with E-state index in [0.29, 0.717) is 32.0 Å². The van der Waals surface area contributed by atoms with Crippen molar-refractivity contribution >= 4 is 23.2 Å². The van der Waals surface area contributed by atoms with E-state index in [4.69, 9.17) is 0 Å². The minimum Gasteiger partial charge on any atom is -0.333 e. The molecule has 0 bridgehead atoms. The average molecular weight is 415 g/mol. The summed E-state index contributed by atoms with van der Waals surface area (Å²) in [5.74, 6) is 0.431. The van der Waals surface area contributed by atoms with Crippen molar-refractivity contribution < 1.29 is 9.59 Å². The Labute approximate surface area is 179 Å². The van der Waals surface area contributed by atoms with Crippen LogP contribution < -0.4 is 0 Å². The minimum atomic E-state index is 0.00624. The summed E-state index contributed by atoms with van der Waals surface area (Å²) >= 11 is 1.65. The zero-order chi connectivity index (χ0) is 21.1. The van der Waals surface area contributed by atoms with Crippen LogP contribution in [0, 0.1) is 5.92 Å². The molecular formula is C24H34N2O2S. The van der Waals surface area contributed by atoms with Crippen LogP contribution in [-0.4, -0.2) is 34.7 Å². The number of carbonyl (C=O) groups excluding carboxylic acids is 2. The number of thiophene rings is 1. The van der Waals surface area contributed by atoms with Gasteiger partial charge in [0.05, 0.1) is 13.1 Å². The number of nitrogens with zero attached hydrogens (tertiary/aromatic N) is 2. The lowest BCUT2D eigenvalue weighted by Crippen LogP contribution is -2.43. The Bertz CT molecular complexity index is 729. The molecule has 0 fully saturated rings. The molecule has 0 aliphatic heterocycles. The zero-order valence-electron chi connectivity index (χ0n) is 18.0. The molecule has 1 aromatic carbocycles. The molecule has 0 aliphatic carbocycles. The van der Waals surface area contributed by atoms with E-state index in [0.717, 1.165) is 29.7 Å². The summed E-state index contributed by atoms with van der Waals surface area (Å²) in [5.41, 5.74) is 1.10. The lowest BCUT2D eigenvalue weighted by molar-refractivity contribution is -0.141. The van der Waals surface area contributed by atoms with Crippen LogP contribution in [0.25, 0.3) is 0 Å². The lowest BCUT2D eigenvalue weighted by Gasteiger charge is -2.29. The molecule has 2 aromatic rings. The van der Waals surface area contributed by atoms with Gasteiger partial charge < -0.3 is 9.80 Å². The fraction of sp³-hybridized carbons (Fsp3) is 0.500. The fourth-order valence-electron chi connectivity index (χ4n) is 3.27. The number of carbonyl (C=O) groups is 2. The van der Waals surface area contributed by atoms with Gasteiger partial charge in [-0.3, -0.25) is 9.59 Å². The second-order valence-electron chi connectivity index (χ2n) is 7.94. The highest BCUT2D eigenvalue weighted by molar-refractivity contribution is 7.09. The maximum Gasteiger partial charge on any atom is 0.242 e. The molecule has 0 saturated heterocycles. The van der Waals surface area contributed by atoms with E-state index in [2.05, 4.69) is 26.8 Å². The van der Waals surface area contributed by atoms with Gasteiger partial charge >= 0.3 is 0 Å². The number of hydrogen-bond acceptors (Lipinski definition) is 3. The van der Waals surface area contributed by atoms with Gasteiger partial charge in [0.25, 0.3) is 0 Å². The Morgan fingerprint density at radius 3 is 2.31 bits per heavy atom. The second kappa shape index (κ2) is 12.4. The van der Waals surface area contributed by atoms with E-state index in [1.165, 1.54) is 0 Å². The normalized spacial score (nSPS) is 10.9. The predicted octanol–water partition coefficient (Wildman–Crippen LogP) is 5.34. The summed E-state index contributed by atoms with van der Waals surface area (Å²) in [6.07, 6.45) is 3.55. The van der Waals surface area contributed by atoms with Gasteiger partial charge in [-0.25, -0.2) is 0 Å². The third-order valence-electron chi connectivity index (χ3n) is 4.75. The van der Waals surface area contributed by atoms with Gasteiger partial charge in [-0.05, 0) is 29.3 Å². The van der Waals surface area contributed by atoms with Crippen molar-refractivity contribution in [3.63, 3.8) is 0 Å². The predicted molar refractivity (Wildman–Crippen MR) is 121 cm³/mol. The van der Waals surface area contributed by atoms with E-state index >= 15 is 0 Å². The Morgan fingerprint density at radius 1 is 0.931 bits per heavy atom. The molecule has 158 valence electrons. The molecule has 0 N–H and O–H groups in total. The molecule has 1 heterocycles. The quantitative estimate of drug-likeness (QED) is 0.440. The molecule has 4 nitrogen and oxygen atoms in total. The molecular weight excluding hydrogens is 380 g/mol. The monoisotopic (exact) mass is 414 g/mol. The highest BCUT2D eigenvalue weighted by Gasteiger charge is 2.22. The summed E-state index contributed by atoms with van der Waals surface area (Å²) in [4.78, 5) is 30.8. The summed E-state index contributed by atoms with van der Waals surface area (Å²) in [7, 11) is 0. The molecule has 0 aliphatic rings. The van der Waals surface area contributed by atoms with Gasteiger partial charge in [-0.15, -0.1) is 11.3 Å². The fourth-order valence-corrected chi connectivity index (χ4v) is 3.99. The molecule has 0 unspecified atom stereocenters. The molecule has 5 heteroatoms. The lowest BCUT2D eigenvalue weighted by atomic mass is 10.1. The zero-order valence-corrected chi connectivity index (χ0v) is 18.8. The first-order valence-electron chi connectivity index (χ1n) is 10.6. The first-order valence-corrected chi connectivity index (χ1v) is 11.5. The largest absolute Gasteiger partial charge is 0.333 e. The standard InChI is InChI=1S/C24H34N2O2S/c1-4-5-7-14-23(27)25(16-20(2)3)19-24(28)26(18-22-13-10-15-29-22)17-21-11-8-6-9-12-21/h6,8-13,15,20H,4-5,7,14,16-19H2,1-3H3. The molecule has 0 atom stereocenters. The third-order valence-corrected chi connectivity index (χ3v) is 5.62. The summed E-state index contributed by atoms with van der Waals surface area (Å²) in [5, 5.41) is 2.03. The van der Waals surface area contributed by atoms with E-state index in [-0.39, 0.29) is 18.4 Å². The van der Waals surface area contributed by atoms with Crippen LogP contribution in [0.5, 0.6) is 0 Å². The average Bonchev–Trinajstić information content (AvgIpc) is 3.20. The first-order chi connectivity index (χ1) is 14.0. The second-order valence-corrected chi connectivity index (χ2v) is 8.97. The number of rotatable bonds is 12. The van der Waals surface area contributed by atoms with Crippen LogP contribution in [0.15, 0.2) is 47.8 Å². The highest BCUT2D eigenvalue weighted by atomic mass is 32.1. The number of amides is 2. The van der Waals surface area contributed by atoms with Gasteiger partial charge in [-0.1, -0.05) is 70.0 Å². The Morgan fingerprint density at radius 2 is 1.69 bits per heavy atom. The number of unbranched alkanes of at least 4 members (excludes halogenated alkanes) is 2. The highest BCUT2D eigenvalue weighted by Crippen LogP contribution is 2.16. The van der Waals surface area contributed by atoms with Gasteiger partial charge in [0.1, 0.15) is 0 Å². The van der Waals surface area contributed by atoms with Crippen molar-refractivity contribution in [3.8, 4) is 0 Å². The summed E-state index contributed by atoms with van der Waals surface area (Å²) in [6.45, 7) is 8.21. The summed E-state index contributed by atoms with van der Waals surface area (Å²) in [6, 6.07) is 14.1. The molecule has 29 heavy (non-hydrogen) atoms. The molecule has 1 aromatic heterocycles. The van der Waals surface area contributed by atoms with Crippen molar-refractivity contribution in [1.82, 2.24) is 9.80 Å². The van der Waals surface area contributed by atoms with Crippen LogP contribution >= 0.6 is 11.3 Å². The Balaban J connectivity index is 2.10. The number of hydrogen-bond donors (Lipinski definition) is 0. The van der Waals surface area contributed by atoms with E-state index in [1.807, 2.05) is 46.7 Å². The first kappa shape index (κ1) is 23.1. The van der Waals surface area contributed by atoms with Crippen LogP contribution in [-0.2, 0) is 22.7 Å². The van der Waals surface area contributed by atoms with Crippen molar-refractivity contribution in [2.24, 2.45) is 5.92 Å². The molecule has 0 radical (unpaired) electrons. The SMILES string of the molecule is CCCCCC(=O)N(CC(=O)N(Cc1ccccc1)Cc1cccs1)CC(C)C. The van der Waals surface area contributed by atoms with Gasteiger partial charge in [0.2, 0.25) is 11.8 Å². The molecule has 0 spiro atoms. The van der Waals surface area contributed by atoms with Crippen molar-refractivity contribution in [1.29, 1.82) is 0 Å². The van der Waals surface area contributed by atoms with Crippen LogP contribution in [0.3, 0.4) is 0 Å². The van der Waals surface area contributed by atoms with Crippen molar-refractivity contribution in [3.05, 3.63) is 58.3 Å². The molecule has 0 saturated carbocycles. The van der Waals surface area contributed by atoms with Crippen LogP contribution in [0.4, 0.5) is 0 Å². The van der Waals surface area contributed by atoms with Crippen LogP contribution in [0.2, 0.25) is 0 Å². The Kier molecular flexibility index (Phi) is 9.92. The van der Waals surface area contributed by atoms with E-state index in [1.54, 1.807) is 16.2 Å². The minimum absolute atomic E-state index is 0.00624. The summed E-state index contributed by atoms with van der Waals surface area (Å²) < 4.78 is 0. The number of benzene rings is 1. The third kappa shape index (κ3) is 8.40. The van der Waals surface area contributed by atoms with Gasteiger partial charge in [0.15, 0.2) is 0 Å². The van der Waals surface area contributed by atoms with Crippen molar-refractivity contribution in [2.45, 2.75) is 59.5 Å². The van der Waals surface area contributed by atoms with Crippen LogP contribution in [0.1, 0.15) is 56.9 Å². The van der Waals surface area contributed by atoms with E-state index in [9.17, 15) is 9.59 Å². The Hall–Kier alpha value is -2.14. The topological polar surface area (TPSA) is 40.6 Å². The smallest absolute Gasteiger partial charge is 0.242 e. The molecule has 2 amide bonds. The van der Waals surface area contributed by atoms with E-state index < -0.39 is 0 Å². The maximum absolute atomic E-state index is 13.2. The van der Waals surface area contributed by atoms with Gasteiger partial charge in [0, 0.05) is 24.4 Å². The van der Waals surface area contributed by atoms with Gasteiger partial charge in [-0.2, -0.15) is 0 Å². The van der Waals surface area contributed by atoms with Crippen molar-refractivity contribution in [2.75, 3.05) is 13.1 Å². The maximum atomic E-state index is 13.2.